The number of rotatable bonds is 7. The van der Waals surface area contributed by atoms with Crippen molar-refractivity contribution in [3.05, 3.63) is 59.7 Å². The summed E-state index contributed by atoms with van der Waals surface area (Å²) in [4.78, 5) is 18.7. The van der Waals surface area contributed by atoms with Gasteiger partial charge in [-0.15, -0.1) is 0 Å². The van der Waals surface area contributed by atoms with Crippen LogP contribution >= 0.6 is 0 Å². The minimum absolute atomic E-state index is 0.00890. The van der Waals surface area contributed by atoms with Crippen LogP contribution in [0.4, 0.5) is 0 Å². The summed E-state index contributed by atoms with van der Waals surface area (Å²) in [5.74, 6) is 6.17. The first-order chi connectivity index (χ1) is 13.0. The number of likely N-dealkylation sites (tertiary alicyclic amines) is 1. The average molecular weight is 371 g/mol. The molecule has 0 saturated carbocycles. The number of nitrogens with one attached hydrogen (secondary N) is 1. The van der Waals surface area contributed by atoms with Gasteiger partial charge in [0.05, 0.1) is 12.2 Å². The topological polar surface area (TPSA) is 100.0 Å². The van der Waals surface area contributed by atoms with Crippen molar-refractivity contribution in [2.45, 2.75) is 25.7 Å². The Morgan fingerprint density at radius 2 is 2.15 bits per heavy atom. The lowest BCUT2D eigenvalue weighted by Gasteiger charge is -2.25. The number of amides is 1. The Kier molecular flexibility index (Phi) is 8.03. The van der Waals surface area contributed by atoms with Gasteiger partial charge in [-0.2, -0.15) is 0 Å². The maximum atomic E-state index is 12.1. The number of nitrogens with zero attached hydrogens (tertiary/aromatic N) is 3. The molecule has 2 rings (SSSR count). The number of piperidine rings is 1. The van der Waals surface area contributed by atoms with Crippen LogP contribution in [0.1, 0.15) is 25.7 Å². The minimum Gasteiger partial charge on any atom is -0.397 e. The third-order valence-corrected chi connectivity index (χ3v) is 4.36. The van der Waals surface area contributed by atoms with Crippen LogP contribution in [0.2, 0.25) is 0 Å². The summed E-state index contributed by atoms with van der Waals surface area (Å²) >= 11 is 0. The molecule has 27 heavy (non-hydrogen) atoms. The van der Waals surface area contributed by atoms with E-state index in [1.54, 1.807) is 25.5 Å². The number of carbonyl (C=O) groups excluding carboxylic acids is 1. The largest absolute Gasteiger partial charge is 0.397 e. The van der Waals surface area contributed by atoms with Gasteiger partial charge in [0.15, 0.2) is 0 Å². The van der Waals surface area contributed by atoms with Crippen LogP contribution in [0.15, 0.2) is 64.7 Å². The Hall–Kier alpha value is -2.64. The zero-order chi connectivity index (χ0) is 19.6. The number of allylic oxidation sites excluding steroid dienone is 5. The standard InChI is InChI=1S/C20H30N6O/c1-3-17(18(21)14-25(2)22)9-7-16-8-10-19(23-13-16)24-20(27)15-26-11-5-4-6-12-26/h3,7,9-10,13-14H,1,4-6,8,11-12,15,21-22H2,2H3,(H,24,27)/b16-7+,17-9+,18-14-. The van der Waals surface area contributed by atoms with E-state index in [9.17, 15) is 4.79 Å². The Morgan fingerprint density at radius 1 is 1.41 bits per heavy atom. The van der Waals surface area contributed by atoms with Crippen molar-refractivity contribution >= 4 is 12.1 Å². The molecular formula is C20H30N6O. The van der Waals surface area contributed by atoms with Gasteiger partial charge in [0, 0.05) is 19.5 Å². The van der Waals surface area contributed by atoms with E-state index in [-0.39, 0.29) is 5.91 Å². The zero-order valence-corrected chi connectivity index (χ0v) is 16.0. The quantitative estimate of drug-likeness (QED) is 0.359. The predicted molar refractivity (Wildman–Crippen MR) is 110 cm³/mol. The van der Waals surface area contributed by atoms with Crippen LogP contribution in [0.25, 0.3) is 0 Å². The number of aliphatic imine (C=N–C) groups is 1. The lowest BCUT2D eigenvalue weighted by atomic mass is 10.1. The lowest BCUT2D eigenvalue weighted by molar-refractivity contribution is -0.121. The molecule has 2 aliphatic heterocycles. The molecule has 1 saturated heterocycles. The highest BCUT2D eigenvalue weighted by Gasteiger charge is 2.14. The summed E-state index contributed by atoms with van der Waals surface area (Å²) in [7, 11) is 1.70. The number of hydrogen-bond acceptors (Lipinski definition) is 6. The van der Waals surface area contributed by atoms with Crippen LogP contribution in [0.3, 0.4) is 0 Å². The average Bonchev–Trinajstić information content (AvgIpc) is 2.63. The second-order valence-corrected chi connectivity index (χ2v) is 6.75. The molecule has 5 N–H and O–H groups in total. The Morgan fingerprint density at radius 3 is 2.74 bits per heavy atom. The highest BCUT2D eigenvalue weighted by molar-refractivity contribution is 5.84. The zero-order valence-electron chi connectivity index (χ0n) is 16.0. The third kappa shape index (κ3) is 7.24. The minimum atomic E-state index is -0.00890. The van der Waals surface area contributed by atoms with E-state index >= 15 is 0 Å². The van der Waals surface area contributed by atoms with Crippen molar-refractivity contribution in [3.8, 4) is 0 Å². The fourth-order valence-electron chi connectivity index (χ4n) is 2.94. The highest BCUT2D eigenvalue weighted by Crippen LogP contribution is 2.13. The van der Waals surface area contributed by atoms with Gasteiger partial charge in [0.25, 0.3) is 0 Å². The smallest absolute Gasteiger partial charge is 0.239 e. The molecule has 1 fully saturated rings. The van der Waals surface area contributed by atoms with Crippen LogP contribution in [-0.4, -0.2) is 48.7 Å². The van der Waals surface area contributed by atoms with Crippen molar-refractivity contribution in [2.24, 2.45) is 16.6 Å². The van der Waals surface area contributed by atoms with Crippen LogP contribution in [-0.2, 0) is 4.79 Å². The normalized spacial score (nSPS) is 20.4. The lowest BCUT2D eigenvalue weighted by Crippen LogP contribution is -2.39. The van der Waals surface area contributed by atoms with Crippen molar-refractivity contribution in [1.29, 1.82) is 0 Å². The summed E-state index contributed by atoms with van der Waals surface area (Å²) in [6, 6.07) is 0. The third-order valence-electron chi connectivity index (χ3n) is 4.36. The maximum Gasteiger partial charge on any atom is 0.239 e. The molecule has 0 radical (unpaired) electrons. The summed E-state index contributed by atoms with van der Waals surface area (Å²) in [6.45, 7) is 6.20. The van der Waals surface area contributed by atoms with Gasteiger partial charge in [-0.1, -0.05) is 31.2 Å². The molecule has 0 aliphatic carbocycles. The van der Waals surface area contributed by atoms with E-state index in [0.717, 1.165) is 24.2 Å². The molecule has 7 nitrogen and oxygen atoms in total. The summed E-state index contributed by atoms with van der Waals surface area (Å²) < 4.78 is 0. The Bertz CT molecular complexity index is 693. The molecular weight excluding hydrogens is 340 g/mol. The van der Waals surface area contributed by atoms with Gasteiger partial charge in [0.2, 0.25) is 5.91 Å². The Labute approximate surface area is 161 Å². The molecule has 0 aromatic carbocycles. The van der Waals surface area contributed by atoms with E-state index in [2.05, 4.69) is 21.8 Å². The predicted octanol–water partition coefficient (Wildman–Crippen LogP) is 1.55. The van der Waals surface area contributed by atoms with Crippen molar-refractivity contribution < 1.29 is 4.79 Å². The summed E-state index contributed by atoms with van der Waals surface area (Å²) in [5.41, 5.74) is 8.29. The second kappa shape index (κ2) is 10.5. The number of carbonyl (C=O) groups is 1. The highest BCUT2D eigenvalue weighted by atomic mass is 16.2. The van der Waals surface area contributed by atoms with E-state index in [1.165, 1.54) is 24.3 Å². The molecule has 0 spiro atoms. The van der Waals surface area contributed by atoms with Crippen LogP contribution in [0.5, 0.6) is 0 Å². The molecule has 1 amide bonds. The first kappa shape index (κ1) is 20.7. The van der Waals surface area contributed by atoms with Gasteiger partial charge >= 0.3 is 0 Å². The monoisotopic (exact) mass is 370 g/mol. The molecule has 7 heteroatoms. The molecule has 0 bridgehead atoms. The van der Waals surface area contributed by atoms with Gasteiger partial charge in [-0.3, -0.25) is 9.69 Å². The molecule has 146 valence electrons. The number of hydrazine groups is 1. The van der Waals surface area contributed by atoms with Crippen molar-refractivity contribution in [1.82, 2.24) is 15.2 Å². The second-order valence-electron chi connectivity index (χ2n) is 6.75. The molecule has 0 unspecified atom stereocenters. The molecule has 0 aromatic rings. The fraction of sp³-hybridized carbons (Fsp3) is 0.400. The fourth-order valence-corrected chi connectivity index (χ4v) is 2.94. The van der Waals surface area contributed by atoms with E-state index in [1.807, 2.05) is 18.2 Å². The Balaban J connectivity index is 1.88. The molecule has 0 atom stereocenters. The van der Waals surface area contributed by atoms with Gasteiger partial charge in [0.1, 0.15) is 5.82 Å². The molecule has 2 aliphatic rings. The number of nitrogens with two attached hydrogens (primary N) is 2. The first-order valence-corrected chi connectivity index (χ1v) is 9.23. The van der Waals surface area contributed by atoms with Gasteiger partial charge in [-0.25, -0.2) is 10.8 Å². The van der Waals surface area contributed by atoms with Crippen molar-refractivity contribution in [2.75, 3.05) is 26.7 Å². The molecule has 0 aromatic heterocycles. The maximum absolute atomic E-state index is 12.1. The number of hydrogen-bond donors (Lipinski definition) is 3. The summed E-state index contributed by atoms with van der Waals surface area (Å²) in [6.07, 6.45) is 15.0. The molecule has 2 heterocycles. The van der Waals surface area contributed by atoms with Crippen LogP contribution < -0.4 is 16.9 Å². The van der Waals surface area contributed by atoms with Gasteiger partial charge in [-0.05, 0) is 49.6 Å². The SMILES string of the molecule is C=CC(=C\C=C1\C=NC(NC(=O)CN2CCCCC2)=CC1)/C(N)=C/N(C)N. The van der Waals surface area contributed by atoms with E-state index in [0.29, 0.717) is 24.5 Å². The van der Waals surface area contributed by atoms with E-state index in [4.69, 9.17) is 11.6 Å². The van der Waals surface area contributed by atoms with Gasteiger partial charge < -0.3 is 16.1 Å². The first-order valence-electron chi connectivity index (χ1n) is 9.23. The summed E-state index contributed by atoms with van der Waals surface area (Å²) in [5, 5.41) is 4.27. The van der Waals surface area contributed by atoms with E-state index < -0.39 is 0 Å². The van der Waals surface area contributed by atoms with Crippen molar-refractivity contribution in [3.63, 3.8) is 0 Å². The van der Waals surface area contributed by atoms with Crippen LogP contribution in [0, 0.1) is 0 Å².